The van der Waals surface area contributed by atoms with Crippen molar-refractivity contribution >= 4 is 33.4 Å². The maximum atomic E-state index is 12.4. The van der Waals surface area contributed by atoms with E-state index in [9.17, 15) is 4.79 Å². The molecule has 1 N–H and O–H groups in total. The number of methoxy groups -OCH3 is 2. The van der Waals surface area contributed by atoms with Gasteiger partial charge in [0.1, 0.15) is 17.0 Å². The summed E-state index contributed by atoms with van der Waals surface area (Å²) in [7, 11) is 3.11. The summed E-state index contributed by atoms with van der Waals surface area (Å²) in [5.41, 5.74) is 2.88. The van der Waals surface area contributed by atoms with E-state index < -0.39 is 0 Å². The number of anilines is 1. The van der Waals surface area contributed by atoms with Crippen molar-refractivity contribution in [1.29, 1.82) is 0 Å². The normalized spacial score (nSPS) is 10.7. The number of thiazole rings is 1. The van der Waals surface area contributed by atoms with Gasteiger partial charge in [-0.2, -0.15) is 0 Å². The van der Waals surface area contributed by atoms with Crippen LogP contribution in [0.1, 0.15) is 11.3 Å². The topological polar surface area (TPSA) is 95.5 Å². The highest BCUT2D eigenvalue weighted by atomic mass is 32.1. The summed E-state index contributed by atoms with van der Waals surface area (Å²) in [5.74, 6) is 1.94. The third-order valence-electron chi connectivity index (χ3n) is 4.43. The molecule has 31 heavy (non-hydrogen) atoms. The fourth-order valence-corrected chi connectivity index (χ4v) is 3.69. The summed E-state index contributed by atoms with van der Waals surface area (Å²) < 4.78 is 16.7. The Hall–Kier alpha value is -3.72. The molecule has 3 aromatic heterocycles. The summed E-state index contributed by atoms with van der Waals surface area (Å²) in [6.45, 7) is 1.88. The van der Waals surface area contributed by atoms with Crippen molar-refractivity contribution in [1.82, 2.24) is 15.0 Å². The molecule has 0 unspecified atom stereocenters. The fraction of sp³-hybridized carbons (Fsp3) is 0.182. The molecule has 1 amide bonds. The highest BCUT2D eigenvalue weighted by Crippen LogP contribution is 2.32. The van der Waals surface area contributed by atoms with E-state index in [0.717, 1.165) is 11.3 Å². The van der Waals surface area contributed by atoms with E-state index in [1.54, 1.807) is 50.7 Å². The molecule has 3 heterocycles. The standard InChI is InChI=1S/C22H20N4O4S/c1-13-12-31-22(24-13)25-19(27)10-14-4-5-15(11-18(14)28-2)30-17-8-9-23-16-6-7-20(29-3)26-21(16)17/h4-9,11-12H,10H2,1-3H3,(H,24,25,27). The number of rotatable bonds is 7. The predicted octanol–water partition coefficient (Wildman–Crippen LogP) is 4.39. The van der Waals surface area contributed by atoms with Crippen LogP contribution >= 0.6 is 11.3 Å². The zero-order valence-electron chi connectivity index (χ0n) is 17.2. The lowest BCUT2D eigenvalue weighted by Crippen LogP contribution is -2.14. The summed E-state index contributed by atoms with van der Waals surface area (Å²) >= 11 is 1.39. The first-order valence-electron chi connectivity index (χ1n) is 9.42. The number of carbonyl (C=O) groups excluding carboxylic acids is 1. The third-order valence-corrected chi connectivity index (χ3v) is 5.31. The average Bonchev–Trinajstić information content (AvgIpc) is 3.18. The number of hydrogen-bond donors (Lipinski definition) is 1. The summed E-state index contributed by atoms with van der Waals surface area (Å²) in [5, 5.41) is 5.26. The zero-order valence-corrected chi connectivity index (χ0v) is 18.0. The molecule has 0 fully saturated rings. The van der Waals surface area contributed by atoms with Crippen molar-refractivity contribution < 1.29 is 19.0 Å². The quantitative estimate of drug-likeness (QED) is 0.459. The van der Waals surface area contributed by atoms with Crippen molar-refractivity contribution in [3.8, 4) is 23.1 Å². The minimum atomic E-state index is -0.169. The lowest BCUT2D eigenvalue weighted by atomic mass is 10.1. The molecule has 0 aliphatic carbocycles. The highest BCUT2D eigenvalue weighted by Gasteiger charge is 2.13. The molecule has 0 aliphatic heterocycles. The fourth-order valence-electron chi connectivity index (χ4n) is 2.99. The molecule has 8 nitrogen and oxygen atoms in total. The Morgan fingerprint density at radius 1 is 1.06 bits per heavy atom. The van der Waals surface area contributed by atoms with Crippen molar-refractivity contribution in [3.05, 3.63) is 59.2 Å². The SMILES string of the molecule is COc1ccc2nccc(Oc3ccc(CC(=O)Nc4nc(C)cs4)c(OC)c3)c2n1. The van der Waals surface area contributed by atoms with Gasteiger partial charge in [-0.3, -0.25) is 9.78 Å². The van der Waals surface area contributed by atoms with Crippen molar-refractivity contribution in [2.24, 2.45) is 0 Å². The second-order valence-electron chi connectivity index (χ2n) is 6.63. The van der Waals surface area contributed by atoms with Crippen LogP contribution in [0.25, 0.3) is 11.0 Å². The number of aromatic nitrogens is 3. The van der Waals surface area contributed by atoms with Gasteiger partial charge < -0.3 is 19.5 Å². The molecule has 0 saturated carbocycles. The zero-order chi connectivity index (χ0) is 21.8. The molecule has 9 heteroatoms. The van der Waals surface area contributed by atoms with Gasteiger partial charge in [-0.15, -0.1) is 11.3 Å². The average molecular weight is 436 g/mol. The van der Waals surface area contributed by atoms with Gasteiger partial charge in [-0.05, 0) is 19.1 Å². The number of aryl methyl sites for hydroxylation is 1. The Morgan fingerprint density at radius 2 is 1.94 bits per heavy atom. The van der Waals surface area contributed by atoms with E-state index in [1.807, 2.05) is 18.4 Å². The maximum absolute atomic E-state index is 12.4. The van der Waals surface area contributed by atoms with E-state index in [4.69, 9.17) is 14.2 Å². The van der Waals surface area contributed by atoms with Crippen LogP contribution in [0.4, 0.5) is 5.13 Å². The molecular weight excluding hydrogens is 416 g/mol. The second-order valence-corrected chi connectivity index (χ2v) is 7.48. The largest absolute Gasteiger partial charge is 0.496 e. The third kappa shape index (κ3) is 4.72. The van der Waals surface area contributed by atoms with Gasteiger partial charge >= 0.3 is 0 Å². The Kier molecular flexibility index (Phi) is 5.94. The Morgan fingerprint density at radius 3 is 2.68 bits per heavy atom. The number of nitrogens with zero attached hydrogens (tertiary/aromatic N) is 3. The number of ether oxygens (including phenoxy) is 3. The van der Waals surface area contributed by atoms with Gasteiger partial charge in [0, 0.05) is 35.3 Å². The molecular formula is C22H20N4O4S. The number of benzene rings is 1. The molecule has 0 aliphatic rings. The van der Waals surface area contributed by atoms with Gasteiger partial charge in [0.25, 0.3) is 0 Å². The van der Waals surface area contributed by atoms with Crippen LogP contribution in [-0.4, -0.2) is 35.1 Å². The molecule has 1 aromatic carbocycles. The van der Waals surface area contributed by atoms with Crippen LogP contribution in [0.3, 0.4) is 0 Å². The van der Waals surface area contributed by atoms with E-state index in [0.29, 0.717) is 39.3 Å². The Bertz CT molecular complexity index is 1240. The molecule has 4 aromatic rings. The Labute approximate surface area is 182 Å². The van der Waals surface area contributed by atoms with Crippen LogP contribution in [0, 0.1) is 6.92 Å². The lowest BCUT2D eigenvalue weighted by Gasteiger charge is -2.12. The molecule has 4 rings (SSSR count). The second kappa shape index (κ2) is 8.97. The predicted molar refractivity (Wildman–Crippen MR) is 118 cm³/mol. The van der Waals surface area contributed by atoms with Crippen LogP contribution in [0.2, 0.25) is 0 Å². The lowest BCUT2D eigenvalue weighted by molar-refractivity contribution is -0.115. The van der Waals surface area contributed by atoms with E-state index in [1.165, 1.54) is 11.3 Å². The summed E-state index contributed by atoms with van der Waals surface area (Å²) in [6.07, 6.45) is 1.81. The summed E-state index contributed by atoms with van der Waals surface area (Å²) in [4.78, 5) is 25.4. The van der Waals surface area contributed by atoms with E-state index in [2.05, 4.69) is 20.3 Å². The van der Waals surface area contributed by atoms with E-state index >= 15 is 0 Å². The first-order valence-corrected chi connectivity index (χ1v) is 10.3. The summed E-state index contributed by atoms with van der Waals surface area (Å²) in [6, 6.07) is 10.6. The van der Waals surface area contributed by atoms with E-state index in [-0.39, 0.29) is 12.3 Å². The van der Waals surface area contributed by atoms with Gasteiger partial charge in [0.05, 0.1) is 31.9 Å². The molecule has 0 radical (unpaired) electrons. The minimum Gasteiger partial charge on any atom is -0.496 e. The molecule has 0 bridgehead atoms. The van der Waals surface area contributed by atoms with Crippen LogP contribution in [0.15, 0.2) is 48.0 Å². The van der Waals surface area contributed by atoms with Gasteiger partial charge in [-0.1, -0.05) is 6.07 Å². The van der Waals surface area contributed by atoms with Crippen molar-refractivity contribution in [2.45, 2.75) is 13.3 Å². The van der Waals surface area contributed by atoms with Crippen molar-refractivity contribution in [3.63, 3.8) is 0 Å². The van der Waals surface area contributed by atoms with Crippen LogP contribution < -0.4 is 19.5 Å². The van der Waals surface area contributed by atoms with Crippen LogP contribution in [0.5, 0.6) is 23.1 Å². The maximum Gasteiger partial charge on any atom is 0.230 e. The molecule has 0 spiro atoms. The first kappa shape index (κ1) is 20.5. The molecule has 0 saturated heterocycles. The molecule has 158 valence electrons. The Balaban J connectivity index is 1.54. The number of hydrogen-bond acceptors (Lipinski definition) is 8. The van der Waals surface area contributed by atoms with Gasteiger partial charge in [0.15, 0.2) is 10.9 Å². The van der Waals surface area contributed by atoms with Crippen molar-refractivity contribution in [2.75, 3.05) is 19.5 Å². The first-order chi connectivity index (χ1) is 15.1. The van der Waals surface area contributed by atoms with Gasteiger partial charge in [0.2, 0.25) is 11.8 Å². The minimum absolute atomic E-state index is 0.152. The smallest absolute Gasteiger partial charge is 0.230 e. The van der Waals surface area contributed by atoms with Gasteiger partial charge in [-0.25, -0.2) is 9.97 Å². The number of carbonyl (C=O) groups is 1. The number of fused-ring (bicyclic) bond motifs is 1. The number of nitrogens with one attached hydrogen (secondary N) is 1. The molecule has 0 atom stereocenters. The number of amides is 1. The number of pyridine rings is 2. The highest BCUT2D eigenvalue weighted by molar-refractivity contribution is 7.13. The monoisotopic (exact) mass is 436 g/mol. The van der Waals surface area contributed by atoms with Crippen LogP contribution in [-0.2, 0) is 11.2 Å².